The van der Waals surface area contributed by atoms with Gasteiger partial charge in [0.2, 0.25) is 0 Å². The smallest absolute Gasteiger partial charge is 0.307 e. The third-order valence-corrected chi connectivity index (χ3v) is 2.41. The first kappa shape index (κ1) is 5.96. The second-order valence-electron chi connectivity index (χ2n) is 3.23. The topological polar surface area (TPSA) is 26.3 Å². The van der Waals surface area contributed by atoms with Crippen LogP contribution in [0.3, 0.4) is 0 Å². The van der Waals surface area contributed by atoms with Gasteiger partial charge in [0.25, 0.3) is 0 Å². The SMILES string of the molecule is C[C@@]12CC=C[C@@H]1CC(=O)O2. The van der Waals surface area contributed by atoms with Crippen molar-refractivity contribution < 1.29 is 9.53 Å². The Morgan fingerprint density at radius 3 is 3.30 bits per heavy atom. The summed E-state index contributed by atoms with van der Waals surface area (Å²) < 4.78 is 5.17. The maximum Gasteiger partial charge on any atom is 0.307 e. The minimum atomic E-state index is -0.183. The fraction of sp³-hybridized carbons (Fsp3) is 0.625. The Morgan fingerprint density at radius 2 is 2.60 bits per heavy atom. The summed E-state index contributed by atoms with van der Waals surface area (Å²) >= 11 is 0. The van der Waals surface area contributed by atoms with Crippen molar-refractivity contribution >= 4 is 5.97 Å². The normalized spacial score (nSPS) is 43.7. The Labute approximate surface area is 59.9 Å². The number of carbonyl (C=O) groups excluding carboxylic acids is 1. The number of esters is 1. The van der Waals surface area contributed by atoms with Crippen molar-refractivity contribution in [3.05, 3.63) is 12.2 Å². The highest BCUT2D eigenvalue weighted by molar-refractivity contribution is 5.73. The zero-order chi connectivity index (χ0) is 7.19. The van der Waals surface area contributed by atoms with Crippen LogP contribution in [0.4, 0.5) is 0 Å². The first-order chi connectivity index (χ1) is 4.71. The van der Waals surface area contributed by atoms with Crippen LogP contribution in [0.5, 0.6) is 0 Å². The molecule has 2 nitrogen and oxygen atoms in total. The van der Waals surface area contributed by atoms with E-state index >= 15 is 0 Å². The van der Waals surface area contributed by atoms with Crippen molar-refractivity contribution in [2.45, 2.75) is 25.4 Å². The molecule has 0 aromatic carbocycles. The van der Waals surface area contributed by atoms with Crippen molar-refractivity contribution in [1.29, 1.82) is 0 Å². The van der Waals surface area contributed by atoms with Crippen LogP contribution >= 0.6 is 0 Å². The highest BCUT2D eigenvalue weighted by atomic mass is 16.6. The summed E-state index contributed by atoms with van der Waals surface area (Å²) in [4.78, 5) is 10.8. The molecule has 0 aromatic heterocycles. The molecular formula is C8H10O2. The van der Waals surface area contributed by atoms with Crippen LogP contribution in [0.25, 0.3) is 0 Å². The zero-order valence-corrected chi connectivity index (χ0v) is 5.96. The van der Waals surface area contributed by atoms with Crippen LogP contribution < -0.4 is 0 Å². The average Bonchev–Trinajstić information content (AvgIpc) is 2.20. The van der Waals surface area contributed by atoms with E-state index in [1.165, 1.54) is 0 Å². The van der Waals surface area contributed by atoms with Gasteiger partial charge in [-0.05, 0) is 6.92 Å². The van der Waals surface area contributed by atoms with Gasteiger partial charge in [-0.3, -0.25) is 4.79 Å². The van der Waals surface area contributed by atoms with E-state index in [1.54, 1.807) is 0 Å². The molecule has 1 fully saturated rings. The van der Waals surface area contributed by atoms with E-state index in [4.69, 9.17) is 4.74 Å². The van der Waals surface area contributed by atoms with Crippen molar-refractivity contribution in [2.75, 3.05) is 0 Å². The Hall–Kier alpha value is -0.790. The van der Waals surface area contributed by atoms with Gasteiger partial charge in [-0.1, -0.05) is 12.2 Å². The number of hydrogen-bond donors (Lipinski definition) is 0. The molecule has 54 valence electrons. The second-order valence-corrected chi connectivity index (χ2v) is 3.23. The van der Waals surface area contributed by atoms with Gasteiger partial charge >= 0.3 is 5.97 Å². The minimum absolute atomic E-state index is 0.0446. The summed E-state index contributed by atoms with van der Waals surface area (Å²) in [5.41, 5.74) is -0.183. The molecule has 1 heterocycles. The standard InChI is InChI=1S/C8H10O2/c1-8-4-2-3-6(8)5-7(9)10-8/h2-3,6H,4-5H2,1H3/t6-,8-/m1/s1. The lowest BCUT2D eigenvalue weighted by Gasteiger charge is -2.21. The van der Waals surface area contributed by atoms with Gasteiger partial charge in [0, 0.05) is 12.3 Å². The molecular weight excluding hydrogens is 128 g/mol. The summed E-state index contributed by atoms with van der Waals surface area (Å²) in [7, 11) is 0. The van der Waals surface area contributed by atoms with Crippen LogP contribution in [-0.2, 0) is 9.53 Å². The maximum absolute atomic E-state index is 10.8. The molecule has 2 heteroatoms. The van der Waals surface area contributed by atoms with Gasteiger partial charge in [0.1, 0.15) is 5.60 Å². The summed E-state index contributed by atoms with van der Waals surface area (Å²) in [6.07, 6.45) is 5.65. The number of ether oxygens (including phenoxy) is 1. The molecule has 1 saturated heterocycles. The molecule has 1 aliphatic heterocycles. The highest BCUT2D eigenvalue weighted by Crippen LogP contribution is 2.40. The fourth-order valence-corrected chi connectivity index (χ4v) is 1.70. The van der Waals surface area contributed by atoms with E-state index in [9.17, 15) is 4.79 Å². The predicted octanol–water partition coefficient (Wildman–Crippen LogP) is 1.27. The largest absolute Gasteiger partial charge is 0.458 e. The van der Waals surface area contributed by atoms with E-state index < -0.39 is 0 Å². The molecule has 0 radical (unpaired) electrons. The lowest BCUT2D eigenvalue weighted by molar-refractivity contribution is -0.147. The first-order valence-electron chi connectivity index (χ1n) is 3.59. The van der Waals surface area contributed by atoms with Gasteiger partial charge in [-0.2, -0.15) is 0 Å². The number of hydrogen-bond acceptors (Lipinski definition) is 2. The quantitative estimate of drug-likeness (QED) is 0.372. The predicted molar refractivity (Wildman–Crippen MR) is 36.4 cm³/mol. The molecule has 2 atom stereocenters. The van der Waals surface area contributed by atoms with Gasteiger partial charge in [0.05, 0.1) is 6.42 Å². The molecule has 2 aliphatic rings. The Balaban J connectivity index is 2.28. The van der Waals surface area contributed by atoms with E-state index in [0.717, 1.165) is 6.42 Å². The third kappa shape index (κ3) is 0.618. The van der Waals surface area contributed by atoms with Crippen LogP contribution in [0.1, 0.15) is 19.8 Å². The molecule has 0 bridgehead atoms. The highest BCUT2D eigenvalue weighted by Gasteiger charge is 2.45. The Bertz CT molecular complexity index is 207. The summed E-state index contributed by atoms with van der Waals surface area (Å²) in [6, 6.07) is 0. The second kappa shape index (κ2) is 1.62. The van der Waals surface area contributed by atoms with Gasteiger partial charge in [-0.15, -0.1) is 0 Å². The molecule has 1 aliphatic carbocycles. The van der Waals surface area contributed by atoms with Crippen LogP contribution in [0.2, 0.25) is 0 Å². The first-order valence-corrected chi connectivity index (χ1v) is 3.59. The Morgan fingerprint density at radius 1 is 1.80 bits per heavy atom. The molecule has 10 heavy (non-hydrogen) atoms. The zero-order valence-electron chi connectivity index (χ0n) is 5.96. The summed E-state index contributed by atoms with van der Waals surface area (Å²) in [5.74, 6) is 0.303. The fourth-order valence-electron chi connectivity index (χ4n) is 1.70. The lowest BCUT2D eigenvalue weighted by Crippen LogP contribution is -2.26. The summed E-state index contributed by atoms with van der Waals surface area (Å²) in [6.45, 7) is 2.00. The molecule has 0 unspecified atom stereocenters. The number of rotatable bonds is 0. The van der Waals surface area contributed by atoms with E-state index in [-0.39, 0.29) is 11.6 Å². The van der Waals surface area contributed by atoms with Gasteiger partial charge in [0.15, 0.2) is 0 Å². The molecule has 0 aromatic rings. The monoisotopic (exact) mass is 138 g/mol. The molecule has 2 rings (SSSR count). The van der Waals surface area contributed by atoms with E-state index in [2.05, 4.69) is 12.2 Å². The summed E-state index contributed by atoms with van der Waals surface area (Å²) in [5, 5.41) is 0. The van der Waals surface area contributed by atoms with Crippen molar-refractivity contribution in [1.82, 2.24) is 0 Å². The van der Waals surface area contributed by atoms with Crippen LogP contribution in [0.15, 0.2) is 12.2 Å². The van der Waals surface area contributed by atoms with Gasteiger partial charge in [-0.25, -0.2) is 0 Å². The Kier molecular flexibility index (Phi) is 0.967. The lowest BCUT2D eigenvalue weighted by atomic mass is 9.93. The third-order valence-electron chi connectivity index (χ3n) is 2.41. The maximum atomic E-state index is 10.8. The van der Waals surface area contributed by atoms with Crippen molar-refractivity contribution in [3.63, 3.8) is 0 Å². The van der Waals surface area contributed by atoms with E-state index in [0.29, 0.717) is 12.3 Å². The van der Waals surface area contributed by atoms with Crippen LogP contribution in [-0.4, -0.2) is 11.6 Å². The number of carbonyl (C=O) groups is 1. The van der Waals surface area contributed by atoms with Crippen molar-refractivity contribution in [2.24, 2.45) is 5.92 Å². The van der Waals surface area contributed by atoms with Crippen LogP contribution in [0, 0.1) is 5.92 Å². The number of fused-ring (bicyclic) bond motifs is 1. The molecule has 0 spiro atoms. The average molecular weight is 138 g/mol. The van der Waals surface area contributed by atoms with Crippen molar-refractivity contribution in [3.8, 4) is 0 Å². The van der Waals surface area contributed by atoms with E-state index in [1.807, 2.05) is 6.92 Å². The molecule has 0 N–H and O–H groups in total. The minimum Gasteiger partial charge on any atom is -0.458 e. The van der Waals surface area contributed by atoms with Gasteiger partial charge < -0.3 is 4.74 Å². The molecule has 0 saturated carbocycles. The molecule has 0 amide bonds.